The van der Waals surface area contributed by atoms with Gasteiger partial charge in [-0.05, 0) is 41.0 Å². The van der Waals surface area contributed by atoms with Crippen molar-refractivity contribution in [2.24, 2.45) is 0 Å². The van der Waals surface area contributed by atoms with Crippen LogP contribution in [0.4, 0.5) is 13.2 Å². The Morgan fingerprint density at radius 3 is 2.44 bits per heavy atom. The predicted octanol–water partition coefficient (Wildman–Crippen LogP) is 6.10. The molecule has 8 heteroatoms. The lowest BCUT2D eigenvalue weighted by Gasteiger charge is -2.18. The Balaban J connectivity index is 1.50. The van der Waals surface area contributed by atoms with Gasteiger partial charge in [0.05, 0.1) is 7.11 Å². The molecule has 0 bridgehead atoms. The summed E-state index contributed by atoms with van der Waals surface area (Å²) in [6.07, 6.45) is -1.60. The number of nitrogens with one attached hydrogen (secondary N) is 1. The molecule has 0 aliphatic carbocycles. The second-order valence-corrected chi connectivity index (χ2v) is 7.86. The average Bonchev–Trinajstić information content (AvgIpc) is 2.85. The number of hydrogen-bond acceptors (Lipinski definition) is 5. The summed E-state index contributed by atoms with van der Waals surface area (Å²) in [5.41, 5.74) is 3.58. The van der Waals surface area contributed by atoms with Crippen LogP contribution in [-0.4, -0.2) is 29.9 Å². The van der Waals surface area contributed by atoms with Crippen LogP contribution in [0.25, 0.3) is 21.9 Å². The third kappa shape index (κ3) is 5.63. The van der Waals surface area contributed by atoms with Crippen molar-refractivity contribution in [1.29, 1.82) is 0 Å². The summed E-state index contributed by atoms with van der Waals surface area (Å²) in [6.45, 7) is 1.29. The maximum absolute atomic E-state index is 12.3. The summed E-state index contributed by atoms with van der Waals surface area (Å²) in [6, 6.07) is 20.1. The van der Waals surface area contributed by atoms with Crippen LogP contribution in [0.1, 0.15) is 24.1 Å². The van der Waals surface area contributed by atoms with Crippen molar-refractivity contribution < 1.29 is 22.6 Å². The minimum Gasteiger partial charge on any atom is -0.496 e. The molecule has 4 aromatic rings. The molecule has 1 atom stereocenters. The molecule has 0 saturated heterocycles. The van der Waals surface area contributed by atoms with Crippen molar-refractivity contribution in [2.75, 3.05) is 13.7 Å². The quantitative estimate of drug-likeness (QED) is 0.340. The van der Waals surface area contributed by atoms with Crippen molar-refractivity contribution in [2.45, 2.75) is 25.7 Å². The van der Waals surface area contributed by atoms with Crippen molar-refractivity contribution in [3.8, 4) is 22.9 Å². The highest BCUT2D eigenvalue weighted by Gasteiger charge is 2.29. The third-order valence-corrected chi connectivity index (χ3v) is 5.47. The van der Waals surface area contributed by atoms with Crippen LogP contribution in [0.2, 0.25) is 0 Å². The average molecular weight is 467 g/mol. The van der Waals surface area contributed by atoms with Gasteiger partial charge in [0.1, 0.15) is 5.75 Å². The number of alkyl halides is 3. The van der Waals surface area contributed by atoms with Gasteiger partial charge in [0, 0.05) is 36.1 Å². The number of nitrogens with zero attached hydrogens (tertiary/aromatic N) is 2. The van der Waals surface area contributed by atoms with Gasteiger partial charge in [0.25, 0.3) is 0 Å². The topological polar surface area (TPSA) is 56.3 Å². The number of aromatic nitrogens is 2. The molecule has 0 aliphatic heterocycles. The SMILES string of the molecule is COc1ccc(CN[C@H](C)c2cccc3ccccc23)cc1-c1cnc(OCC(F)(F)F)nc1. The summed E-state index contributed by atoms with van der Waals surface area (Å²) in [5, 5.41) is 5.98. The van der Waals surface area contributed by atoms with Crippen LogP contribution in [-0.2, 0) is 6.54 Å². The number of benzene rings is 3. The molecule has 0 fully saturated rings. The summed E-state index contributed by atoms with van der Waals surface area (Å²) < 4.78 is 47.1. The van der Waals surface area contributed by atoms with Gasteiger partial charge in [0.2, 0.25) is 0 Å². The fourth-order valence-electron chi connectivity index (χ4n) is 3.78. The first-order valence-electron chi connectivity index (χ1n) is 10.7. The maximum Gasteiger partial charge on any atom is 0.422 e. The van der Waals surface area contributed by atoms with E-state index in [0.29, 0.717) is 17.9 Å². The molecule has 0 radical (unpaired) electrons. The number of ether oxygens (including phenoxy) is 2. The largest absolute Gasteiger partial charge is 0.496 e. The molecule has 1 heterocycles. The number of fused-ring (bicyclic) bond motifs is 1. The van der Waals surface area contributed by atoms with E-state index in [9.17, 15) is 13.2 Å². The van der Waals surface area contributed by atoms with Crippen LogP contribution in [0.3, 0.4) is 0 Å². The molecule has 0 saturated carbocycles. The minimum absolute atomic E-state index is 0.116. The number of halogens is 3. The molecule has 5 nitrogen and oxygen atoms in total. The fourth-order valence-corrected chi connectivity index (χ4v) is 3.78. The lowest BCUT2D eigenvalue weighted by atomic mass is 9.99. The van der Waals surface area contributed by atoms with Crippen LogP contribution < -0.4 is 14.8 Å². The Morgan fingerprint density at radius 2 is 1.71 bits per heavy atom. The fraction of sp³-hybridized carbons (Fsp3) is 0.231. The van der Waals surface area contributed by atoms with Gasteiger partial charge in [-0.1, -0.05) is 48.5 Å². The Labute approximate surface area is 195 Å². The molecule has 0 spiro atoms. The summed E-state index contributed by atoms with van der Waals surface area (Å²) in [4.78, 5) is 7.80. The zero-order valence-corrected chi connectivity index (χ0v) is 18.8. The lowest BCUT2D eigenvalue weighted by molar-refractivity contribution is -0.154. The van der Waals surface area contributed by atoms with Gasteiger partial charge >= 0.3 is 12.2 Å². The summed E-state index contributed by atoms with van der Waals surface area (Å²) in [7, 11) is 1.56. The van der Waals surface area contributed by atoms with E-state index in [2.05, 4.69) is 57.3 Å². The van der Waals surface area contributed by atoms with Crippen LogP contribution in [0, 0.1) is 0 Å². The standard InChI is InChI=1S/C26H24F3N3O2/c1-17(21-9-5-7-19-6-3-4-8-22(19)21)30-13-18-10-11-24(33-2)23(12-18)20-14-31-25(32-15-20)34-16-26(27,28)29/h3-12,14-15,17,30H,13,16H2,1-2H3/t17-/m1/s1. The second-order valence-electron chi connectivity index (χ2n) is 7.86. The molecular weight excluding hydrogens is 443 g/mol. The Hall–Kier alpha value is -3.65. The van der Waals surface area contributed by atoms with Crippen molar-refractivity contribution in [3.05, 3.63) is 84.2 Å². The number of hydrogen-bond donors (Lipinski definition) is 1. The van der Waals surface area contributed by atoms with E-state index < -0.39 is 12.8 Å². The van der Waals surface area contributed by atoms with Crippen molar-refractivity contribution in [3.63, 3.8) is 0 Å². The van der Waals surface area contributed by atoms with Crippen molar-refractivity contribution in [1.82, 2.24) is 15.3 Å². The summed E-state index contributed by atoms with van der Waals surface area (Å²) in [5.74, 6) is 0.610. The Kier molecular flexibility index (Phi) is 6.98. The second kappa shape index (κ2) is 10.1. The van der Waals surface area contributed by atoms with E-state index in [1.807, 2.05) is 30.3 Å². The third-order valence-electron chi connectivity index (χ3n) is 5.47. The first kappa shape index (κ1) is 23.5. The van der Waals surface area contributed by atoms with Crippen LogP contribution in [0.5, 0.6) is 11.8 Å². The van der Waals surface area contributed by atoms with Crippen LogP contribution in [0.15, 0.2) is 73.1 Å². The zero-order valence-electron chi connectivity index (χ0n) is 18.8. The van der Waals surface area contributed by atoms with Crippen LogP contribution >= 0.6 is 0 Å². The molecule has 4 rings (SSSR count). The Bertz CT molecular complexity index is 1260. The van der Waals surface area contributed by atoms with Gasteiger partial charge in [-0.2, -0.15) is 13.2 Å². The van der Waals surface area contributed by atoms with Gasteiger partial charge in [-0.25, -0.2) is 9.97 Å². The molecule has 1 aromatic heterocycles. The van der Waals surface area contributed by atoms with Gasteiger partial charge in [0.15, 0.2) is 6.61 Å². The highest BCUT2D eigenvalue weighted by Crippen LogP contribution is 2.31. The summed E-state index contributed by atoms with van der Waals surface area (Å²) >= 11 is 0. The maximum atomic E-state index is 12.3. The van der Waals surface area contributed by atoms with E-state index in [-0.39, 0.29) is 12.1 Å². The number of rotatable bonds is 8. The minimum atomic E-state index is -4.45. The zero-order chi connectivity index (χ0) is 24.1. The van der Waals surface area contributed by atoms with Gasteiger partial charge in [-0.3, -0.25) is 0 Å². The van der Waals surface area contributed by atoms with E-state index in [4.69, 9.17) is 4.74 Å². The highest BCUT2D eigenvalue weighted by atomic mass is 19.4. The Morgan fingerprint density at radius 1 is 0.971 bits per heavy atom. The molecule has 176 valence electrons. The van der Waals surface area contributed by atoms with Gasteiger partial charge < -0.3 is 14.8 Å². The first-order chi connectivity index (χ1) is 16.3. The van der Waals surface area contributed by atoms with Gasteiger partial charge in [-0.15, -0.1) is 0 Å². The van der Waals surface area contributed by atoms with E-state index in [1.54, 1.807) is 7.11 Å². The van der Waals surface area contributed by atoms with E-state index >= 15 is 0 Å². The van der Waals surface area contributed by atoms with E-state index in [1.165, 1.54) is 28.7 Å². The molecule has 0 unspecified atom stereocenters. The smallest absolute Gasteiger partial charge is 0.422 e. The molecule has 0 aliphatic rings. The van der Waals surface area contributed by atoms with E-state index in [0.717, 1.165) is 11.1 Å². The number of methoxy groups -OCH3 is 1. The lowest BCUT2D eigenvalue weighted by Crippen LogP contribution is -2.20. The molecule has 0 amide bonds. The molecule has 3 aromatic carbocycles. The predicted molar refractivity (Wildman–Crippen MR) is 125 cm³/mol. The first-order valence-corrected chi connectivity index (χ1v) is 10.7. The highest BCUT2D eigenvalue weighted by molar-refractivity contribution is 5.86. The van der Waals surface area contributed by atoms with Crippen molar-refractivity contribution >= 4 is 10.8 Å². The molecule has 34 heavy (non-hydrogen) atoms. The molecule has 1 N–H and O–H groups in total. The normalized spacial score (nSPS) is 12.5. The monoisotopic (exact) mass is 467 g/mol. The molecular formula is C26H24F3N3O2.